The molecule has 16 heavy (non-hydrogen) atoms. The largest absolute Gasteiger partial charge is 0.311 e. The Morgan fingerprint density at radius 1 is 1.12 bits per heavy atom. The molecule has 2 heteroatoms. The highest BCUT2D eigenvalue weighted by atomic mass is 15.1. The molecule has 1 saturated carbocycles. The zero-order valence-corrected chi connectivity index (χ0v) is 12.1. The van der Waals surface area contributed by atoms with Crippen LogP contribution in [0, 0.1) is 11.3 Å². The Balaban J connectivity index is 2.25. The molecule has 0 atom stereocenters. The number of rotatable bonds is 6. The number of nitrogens with zero attached hydrogens (tertiary/aromatic N) is 1. The molecule has 0 spiro atoms. The predicted octanol–water partition coefficient (Wildman–Crippen LogP) is 2.74. The zero-order chi connectivity index (χ0) is 12.4. The van der Waals surface area contributed by atoms with Gasteiger partial charge in [0.05, 0.1) is 0 Å². The van der Waals surface area contributed by atoms with Gasteiger partial charge in [-0.15, -0.1) is 0 Å². The standard InChI is InChI=1S/C14H30N2/c1-13(2,3)15-10-14(4,5)11-16(6)9-12-7-8-12/h12,15H,7-11H2,1-6H3. The molecule has 2 nitrogen and oxygen atoms in total. The van der Waals surface area contributed by atoms with Gasteiger partial charge in [0.25, 0.3) is 0 Å². The van der Waals surface area contributed by atoms with Crippen LogP contribution < -0.4 is 5.32 Å². The first-order chi connectivity index (χ1) is 7.18. The van der Waals surface area contributed by atoms with Crippen molar-refractivity contribution in [2.24, 2.45) is 11.3 Å². The van der Waals surface area contributed by atoms with Crippen LogP contribution in [0.1, 0.15) is 47.5 Å². The van der Waals surface area contributed by atoms with Crippen molar-refractivity contribution in [1.82, 2.24) is 10.2 Å². The normalized spacial score (nSPS) is 18.2. The summed E-state index contributed by atoms with van der Waals surface area (Å²) in [5, 5.41) is 3.61. The maximum absolute atomic E-state index is 3.61. The molecule has 0 radical (unpaired) electrons. The topological polar surface area (TPSA) is 15.3 Å². The van der Waals surface area contributed by atoms with Gasteiger partial charge >= 0.3 is 0 Å². The van der Waals surface area contributed by atoms with Crippen LogP contribution in [0.15, 0.2) is 0 Å². The van der Waals surface area contributed by atoms with Crippen molar-refractivity contribution >= 4 is 0 Å². The highest BCUT2D eigenvalue weighted by Crippen LogP contribution is 2.30. The van der Waals surface area contributed by atoms with Gasteiger partial charge < -0.3 is 10.2 Å². The Labute approximate surface area is 102 Å². The lowest BCUT2D eigenvalue weighted by Crippen LogP contribution is -2.45. The molecule has 0 aromatic heterocycles. The lowest BCUT2D eigenvalue weighted by molar-refractivity contribution is 0.187. The van der Waals surface area contributed by atoms with Crippen molar-refractivity contribution in [2.75, 3.05) is 26.7 Å². The van der Waals surface area contributed by atoms with Crippen LogP contribution in [0.5, 0.6) is 0 Å². The Morgan fingerprint density at radius 2 is 1.69 bits per heavy atom. The zero-order valence-electron chi connectivity index (χ0n) is 12.1. The molecule has 0 aromatic carbocycles. The third kappa shape index (κ3) is 6.49. The third-order valence-corrected chi connectivity index (χ3v) is 3.06. The highest BCUT2D eigenvalue weighted by Gasteiger charge is 2.27. The van der Waals surface area contributed by atoms with Crippen molar-refractivity contribution in [3.05, 3.63) is 0 Å². The monoisotopic (exact) mass is 226 g/mol. The lowest BCUT2D eigenvalue weighted by atomic mass is 9.91. The molecular formula is C14H30N2. The predicted molar refractivity (Wildman–Crippen MR) is 71.8 cm³/mol. The van der Waals surface area contributed by atoms with E-state index in [1.165, 1.54) is 25.9 Å². The van der Waals surface area contributed by atoms with Crippen molar-refractivity contribution < 1.29 is 0 Å². The minimum Gasteiger partial charge on any atom is -0.311 e. The molecule has 0 bridgehead atoms. The SMILES string of the molecule is CN(CC1CC1)CC(C)(C)CNC(C)(C)C. The van der Waals surface area contributed by atoms with Crippen molar-refractivity contribution in [3.63, 3.8) is 0 Å². The van der Waals surface area contributed by atoms with Gasteiger partial charge in [-0.05, 0) is 52.0 Å². The minimum absolute atomic E-state index is 0.229. The smallest absolute Gasteiger partial charge is 0.00967 e. The van der Waals surface area contributed by atoms with Crippen molar-refractivity contribution in [1.29, 1.82) is 0 Å². The summed E-state index contributed by atoms with van der Waals surface area (Å²) in [6, 6.07) is 0. The molecule has 0 aliphatic heterocycles. The molecule has 0 saturated heterocycles. The van der Waals surface area contributed by atoms with Crippen LogP contribution in [0.4, 0.5) is 0 Å². The van der Waals surface area contributed by atoms with Gasteiger partial charge in [0.1, 0.15) is 0 Å². The maximum atomic E-state index is 3.61. The van der Waals surface area contributed by atoms with E-state index < -0.39 is 0 Å². The summed E-state index contributed by atoms with van der Waals surface area (Å²) in [7, 11) is 2.26. The molecule has 0 unspecified atom stereocenters. The molecule has 1 aliphatic rings. The Bertz CT molecular complexity index is 211. The molecule has 1 N–H and O–H groups in total. The first kappa shape index (κ1) is 14.0. The van der Waals surface area contributed by atoms with E-state index in [9.17, 15) is 0 Å². The fourth-order valence-electron chi connectivity index (χ4n) is 2.10. The molecular weight excluding hydrogens is 196 g/mol. The summed E-state index contributed by atoms with van der Waals surface area (Å²) in [5.74, 6) is 0.997. The molecule has 1 rings (SSSR count). The van der Waals surface area contributed by atoms with E-state index in [1.807, 2.05) is 0 Å². The number of nitrogens with one attached hydrogen (secondary N) is 1. The molecule has 96 valence electrons. The van der Waals surface area contributed by atoms with Crippen LogP contribution in [-0.2, 0) is 0 Å². The minimum atomic E-state index is 0.229. The molecule has 1 fully saturated rings. The Kier molecular flexibility index (Phi) is 4.42. The summed E-state index contributed by atoms with van der Waals surface area (Å²) >= 11 is 0. The van der Waals surface area contributed by atoms with Gasteiger partial charge in [0, 0.05) is 25.2 Å². The second kappa shape index (κ2) is 5.05. The van der Waals surface area contributed by atoms with Gasteiger partial charge in [-0.1, -0.05) is 13.8 Å². The quantitative estimate of drug-likeness (QED) is 0.749. The first-order valence-corrected chi connectivity index (χ1v) is 6.62. The van der Waals surface area contributed by atoms with E-state index >= 15 is 0 Å². The summed E-state index contributed by atoms with van der Waals surface area (Å²) in [4.78, 5) is 2.50. The van der Waals surface area contributed by atoms with Crippen LogP contribution in [0.2, 0.25) is 0 Å². The van der Waals surface area contributed by atoms with Crippen LogP contribution >= 0.6 is 0 Å². The van der Waals surface area contributed by atoms with Crippen molar-refractivity contribution in [2.45, 2.75) is 53.0 Å². The van der Waals surface area contributed by atoms with Gasteiger partial charge in [-0.3, -0.25) is 0 Å². The molecule has 0 heterocycles. The number of hydrogen-bond acceptors (Lipinski definition) is 2. The van der Waals surface area contributed by atoms with E-state index in [-0.39, 0.29) is 5.54 Å². The lowest BCUT2D eigenvalue weighted by Gasteiger charge is -2.33. The summed E-state index contributed by atoms with van der Waals surface area (Å²) < 4.78 is 0. The van der Waals surface area contributed by atoms with E-state index in [1.54, 1.807) is 0 Å². The molecule has 0 aromatic rings. The van der Waals surface area contributed by atoms with Gasteiger partial charge in [0.15, 0.2) is 0 Å². The Morgan fingerprint density at radius 3 is 2.12 bits per heavy atom. The van der Waals surface area contributed by atoms with Gasteiger partial charge in [0.2, 0.25) is 0 Å². The third-order valence-electron chi connectivity index (χ3n) is 3.06. The average Bonchev–Trinajstić information content (AvgIpc) is 2.82. The van der Waals surface area contributed by atoms with E-state index in [2.05, 4.69) is 51.9 Å². The fourth-order valence-corrected chi connectivity index (χ4v) is 2.10. The first-order valence-electron chi connectivity index (χ1n) is 6.62. The average molecular weight is 226 g/mol. The summed E-state index contributed by atoms with van der Waals surface area (Å²) in [5.41, 5.74) is 0.587. The van der Waals surface area contributed by atoms with Crippen LogP contribution in [0.3, 0.4) is 0 Å². The maximum Gasteiger partial charge on any atom is 0.00967 e. The summed E-state index contributed by atoms with van der Waals surface area (Å²) in [6.45, 7) is 15.0. The van der Waals surface area contributed by atoms with E-state index in [0.717, 1.165) is 12.5 Å². The Hall–Kier alpha value is -0.0800. The van der Waals surface area contributed by atoms with Crippen LogP contribution in [0.25, 0.3) is 0 Å². The van der Waals surface area contributed by atoms with Gasteiger partial charge in [-0.25, -0.2) is 0 Å². The molecule has 0 amide bonds. The fraction of sp³-hybridized carbons (Fsp3) is 1.00. The van der Waals surface area contributed by atoms with Crippen LogP contribution in [-0.4, -0.2) is 37.1 Å². The number of hydrogen-bond donors (Lipinski definition) is 1. The van der Waals surface area contributed by atoms with Crippen molar-refractivity contribution in [3.8, 4) is 0 Å². The van der Waals surface area contributed by atoms with E-state index in [0.29, 0.717) is 5.41 Å². The second-order valence-corrected chi connectivity index (χ2v) is 7.41. The summed E-state index contributed by atoms with van der Waals surface area (Å²) in [6.07, 6.45) is 2.90. The van der Waals surface area contributed by atoms with Gasteiger partial charge in [-0.2, -0.15) is 0 Å². The molecule has 1 aliphatic carbocycles. The second-order valence-electron chi connectivity index (χ2n) is 7.41. The van der Waals surface area contributed by atoms with E-state index in [4.69, 9.17) is 0 Å². The highest BCUT2D eigenvalue weighted by molar-refractivity contribution is 4.82.